The Morgan fingerprint density at radius 1 is 1.47 bits per heavy atom. The number of rotatable bonds is 3. The molecule has 0 aliphatic rings. The highest BCUT2D eigenvalue weighted by Crippen LogP contribution is 2.02. The maximum Gasteiger partial charge on any atom is 0.328 e. The molecule has 0 unspecified atom stereocenters. The predicted octanol–water partition coefficient (Wildman–Crippen LogP) is -0.0138. The van der Waals surface area contributed by atoms with Gasteiger partial charge in [-0.25, -0.2) is 4.79 Å². The summed E-state index contributed by atoms with van der Waals surface area (Å²) in [6, 6.07) is 0.0655. The Balaban J connectivity index is 3.11. The van der Waals surface area contributed by atoms with E-state index < -0.39 is 17.1 Å². The summed E-state index contributed by atoms with van der Waals surface area (Å²) >= 11 is 0. The van der Waals surface area contributed by atoms with Crippen LogP contribution in [0.2, 0.25) is 0 Å². The molecule has 6 heteroatoms. The van der Waals surface area contributed by atoms with Gasteiger partial charge in [-0.1, -0.05) is 6.92 Å². The van der Waals surface area contributed by atoms with Crippen LogP contribution in [0, 0.1) is 0 Å². The summed E-state index contributed by atoms with van der Waals surface area (Å²) < 4.78 is 0. The van der Waals surface area contributed by atoms with E-state index in [-0.39, 0.29) is 11.6 Å². The van der Waals surface area contributed by atoms with E-state index in [9.17, 15) is 14.7 Å². The first-order valence-corrected chi connectivity index (χ1v) is 4.63. The molecule has 0 saturated carbocycles. The van der Waals surface area contributed by atoms with Crippen LogP contribution < -0.4 is 11.2 Å². The third-order valence-corrected chi connectivity index (χ3v) is 2.01. The Morgan fingerprint density at radius 3 is 2.67 bits per heavy atom. The van der Waals surface area contributed by atoms with Crippen molar-refractivity contribution >= 4 is 6.21 Å². The van der Waals surface area contributed by atoms with Gasteiger partial charge in [-0.3, -0.25) is 19.8 Å². The largest absolute Gasteiger partial charge is 0.494 e. The van der Waals surface area contributed by atoms with Gasteiger partial charge in [0.1, 0.15) is 5.56 Å². The van der Waals surface area contributed by atoms with Gasteiger partial charge < -0.3 is 5.11 Å². The molecule has 82 valence electrons. The Morgan fingerprint density at radius 2 is 2.13 bits per heavy atom. The molecular formula is C9H13N3O3. The van der Waals surface area contributed by atoms with Gasteiger partial charge in [0.05, 0.1) is 0 Å². The number of nitrogens with zero attached hydrogens (tertiary/aromatic N) is 1. The summed E-state index contributed by atoms with van der Waals surface area (Å²) in [5.41, 5.74) is -1.42. The van der Waals surface area contributed by atoms with Gasteiger partial charge in [0.25, 0.3) is 5.56 Å². The molecule has 0 amide bonds. The Kier molecular flexibility index (Phi) is 3.43. The third-order valence-electron chi connectivity index (χ3n) is 2.01. The van der Waals surface area contributed by atoms with Crippen LogP contribution in [0.3, 0.4) is 0 Å². The number of nitrogens with one attached hydrogen (secondary N) is 2. The molecule has 0 saturated heterocycles. The van der Waals surface area contributed by atoms with Crippen molar-refractivity contribution in [2.24, 2.45) is 4.99 Å². The molecule has 15 heavy (non-hydrogen) atoms. The normalized spacial score (nSPS) is 13.2. The first-order valence-electron chi connectivity index (χ1n) is 4.63. The van der Waals surface area contributed by atoms with Gasteiger partial charge >= 0.3 is 5.69 Å². The fourth-order valence-corrected chi connectivity index (χ4v) is 0.911. The fraction of sp³-hybridized carbons (Fsp3) is 0.444. The molecule has 0 fully saturated rings. The minimum Gasteiger partial charge on any atom is -0.494 e. The lowest BCUT2D eigenvalue weighted by molar-refractivity contribution is 0.447. The number of H-pyrrole nitrogens is 2. The molecule has 6 nitrogen and oxygen atoms in total. The molecule has 3 N–H and O–H groups in total. The van der Waals surface area contributed by atoms with Crippen molar-refractivity contribution in [1.29, 1.82) is 0 Å². The number of hydrogen-bond acceptors (Lipinski definition) is 4. The Hall–Kier alpha value is -1.85. The van der Waals surface area contributed by atoms with E-state index in [4.69, 9.17) is 0 Å². The van der Waals surface area contributed by atoms with Gasteiger partial charge in [-0.2, -0.15) is 0 Å². The van der Waals surface area contributed by atoms with E-state index in [1.165, 1.54) is 6.21 Å². The molecule has 1 aromatic heterocycles. The van der Waals surface area contributed by atoms with Crippen molar-refractivity contribution in [1.82, 2.24) is 9.97 Å². The Bertz CT molecular complexity index is 472. The first-order chi connectivity index (χ1) is 7.04. The number of aromatic amines is 2. The van der Waals surface area contributed by atoms with E-state index in [1.54, 1.807) is 0 Å². The van der Waals surface area contributed by atoms with Crippen molar-refractivity contribution in [3.63, 3.8) is 0 Å². The molecule has 1 rings (SSSR count). The van der Waals surface area contributed by atoms with E-state index in [0.29, 0.717) is 0 Å². The second-order valence-corrected chi connectivity index (χ2v) is 3.21. The lowest BCUT2D eigenvalue weighted by Gasteiger charge is -2.00. The summed E-state index contributed by atoms with van der Waals surface area (Å²) in [7, 11) is 0. The van der Waals surface area contributed by atoms with E-state index in [1.807, 2.05) is 18.8 Å². The van der Waals surface area contributed by atoms with Crippen LogP contribution in [0.5, 0.6) is 5.88 Å². The van der Waals surface area contributed by atoms with Crippen molar-refractivity contribution < 1.29 is 5.11 Å². The SMILES string of the molecule is CC[C@@H](C)N=Cc1c(O)[nH]c(=O)[nH]c1=O. The van der Waals surface area contributed by atoms with E-state index >= 15 is 0 Å². The molecule has 0 radical (unpaired) electrons. The van der Waals surface area contributed by atoms with Crippen molar-refractivity contribution in [3.05, 3.63) is 26.4 Å². The maximum atomic E-state index is 11.2. The van der Waals surface area contributed by atoms with Gasteiger partial charge in [0.15, 0.2) is 0 Å². The summed E-state index contributed by atoms with van der Waals surface area (Å²) in [6.45, 7) is 3.84. The number of aromatic nitrogens is 2. The van der Waals surface area contributed by atoms with Crippen LogP contribution in [0.1, 0.15) is 25.8 Å². The van der Waals surface area contributed by atoms with Gasteiger partial charge in [0, 0.05) is 12.3 Å². The smallest absolute Gasteiger partial charge is 0.328 e. The van der Waals surface area contributed by atoms with Crippen molar-refractivity contribution in [2.45, 2.75) is 26.3 Å². The standard InChI is InChI=1S/C9H13N3O3/c1-3-5(2)10-4-6-7(13)11-9(15)12-8(6)14/h4-5H,3H2,1-2H3,(H3,11,12,13,14,15)/t5-/m1/s1. The van der Waals surface area contributed by atoms with Crippen molar-refractivity contribution in [2.75, 3.05) is 0 Å². The second-order valence-electron chi connectivity index (χ2n) is 3.21. The van der Waals surface area contributed by atoms with Crippen LogP contribution in [0.15, 0.2) is 14.6 Å². The highest BCUT2D eigenvalue weighted by atomic mass is 16.3. The summed E-state index contributed by atoms with van der Waals surface area (Å²) in [4.78, 5) is 30.1. The second kappa shape index (κ2) is 4.59. The molecule has 1 heterocycles. The molecule has 1 atom stereocenters. The van der Waals surface area contributed by atoms with E-state index in [0.717, 1.165) is 6.42 Å². The maximum absolute atomic E-state index is 11.2. The molecule has 0 aliphatic carbocycles. The third kappa shape index (κ3) is 2.80. The summed E-state index contributed by atoms with van der Waals surface area (Å²) in [6.07, 6.45) is 2.09. The molecular weight excluding hydrogens is 198 g/mol. The molecule has 1 aromatic rings. The highest BCUT2D eigenvalue weighted by Gasteiger charge is 2.05. The lowest BCUT2D eigenvalue weighted by Crippen LogP contribution is -2.25. The average molecular weight is 211 g/mol. The van der Waals surface area contributed by atoms with Crippen LogP contribution in [0.25, 0.3) is 0 Å². The zero-order valence-electron chi connectivity index (χ0n) is 8.57. The number of aromatic hydroxyl groups is 1. The first kappa shape index (κ1) is 11.2. The summed E-state index contributed by atoms with van der Waals surface area (Å²) in [5, 5.41) is 9.29. The number of aliphatic imine (C=N–C) groups is 1. The van der Waals surface area contributed by atoms with Gasteiger partial charge in [-0.05, 0) is 13.3 Å². The monoisotopic (exact) mass is 211 g/mol. The average Bonchev–Trinajstić information content (AvgIpc) is 2.15. The molecule has 0 bridgehead atoms. The number of hydrogen-bond donors (Lipinski definition) is 3. The van der Waals surface area contributed by atoms with Crippen molar-refractivity contribution in [3.8, 4) is 5.88 Å². The van der Waals surface area contributed by atoms with Crippen LogP contribution in [-0.4, -0.2) is 27.3 Å². The minimum absolute atomic E-state index is 0.0325. The van der Waals surface area contributed by atoms with E-state index in [2.05, 4.69) is 9.98 Å². The van der Waals surface area contributed by atoms with Crippen LogP contribution in [-0.2, 0) is 0 Å². The minimum atomic E-state index is -0.738. The van der Waals surface area contributed by atoms with Gasteiger partial charge in [0.2, 0.25) is 5.88 Å². The van der Waals surface area contributed by atoms with Gasteiger partial charge in [-0.15, -0.1) is 0 Å². The fourth-order valence-electron chi connectivity index (χ4n) is 0.911. The highest BCUT2D eigenvalue weighted by molar-refractivity contribution is 5.81. The summed E-state index contributed by atoms with van der Waals surface area (Å²) in [5.74, 6) is -0.462. The Labute approximate surface area is 85.7 Å². The molecule has 0 spiro atoms. The zero-order valence-corrected chi connectivity index (χ0v) is 8.57. The quantitative estimate of drug-likeness (QED) is 0.613. The molecule has 0 aromatic carbocycles. The predicted molar refractivity (Wildman–Crippen MR) is 56.7 cm³/mol. The lowest BCUT2D eigenvalue weighted by atomic mass is 10.3. The topological polar surface area (TPSA) is 98.3 Å². The molecule has 0 aliphatic heterocycles. The zero-order chi connectivity index (χ0) is 11.4. The van der Waals surface area contributed by atoms with Crippen LogP contribution >= 0.6 is 0 Å². The van der Waals surface area contributed by atoms with Crippen LogP contribution in [0.4, 0.5) is 0 Å².